The second-order valence-electron chi connectivity index (χ2n) is 7.16. The monoisotopic (exact) mass is 351 g/mol. The number of hydrogen-bond acceptors (Lipinski definition) is 5. The van der Waals surface area contributed by atoms with Crippen LogP contribution in [0.3, 0.4) is 0 Å². The van der Waals surface area contributed by atoms with E-state index in [0.29, 0.717) is 18.2 Å². The molecular formula is C20H25N5O. The molecule has 1 aliphatic carbocycles. The molecule has 2 aromatic rings. The summed E-state index contributed by atoms with van der Waals surface area (Å²) in [6.07, 6.45) is 6.44. The van der Waals surface area contributed by atoms with Crippen LogP contribution in [0.25, 0.3) is 0 Å². The van der Waals surface area contributed by atoms with Crippen molar-refractivity contribution in [1.82, 2.24) is 15.3 Å². The van der Waals surface area contributed by atoms with Gasteiger partial charge in [0.05, 0.1) is 5.56 Å². The quantitative estimate of drug-likeness (QED) is 0.837. The van der Waals surface area contributed by atoms with E-state index in [2.05, 4.69) is 26.6 Å². The van der Waals surface area contributed by atoms with Gasteiger partial charge in [0.25, 0.3) is 5.91 Å². The molecule has 3 heterocycles. The van der Waals surface area contributed by atoms with E-state index in [-0.39, 0.29) is 5.91 Å². The van der Waals surface area contributed by atoms with Crippen LogP contribution in [0.4, 0.5) is 11.6 Å². The molecule has 0 bridgehead atoms. The fourth-order valence-electron chi connectivity index (χ4n) is 3.24. The Balaban J connectivity index is 1.40. The molecule has 0 unspecified atom stereocenters. The number of rotatable bonds is 6. The molecule has 2 N–H and O–H groups in total. The first kappa shape index (κ1) is 16.8. The van der Waals surface area contributed by atoms with Crippen LogP contribution in [0, 0.1) is 6.92 Å². The highest BCUT2D eigenvalue weighted by Gasteiger charge is 2.21. The number of anilines is 2. The van der Waals surface area contributed by atoms with Gasteiger partial charge in [0.1, 0.15) is 11.6 Å². The van der Waals surface area contributed by atoms with E-state index in [1.165, 1.54) is 25.7 Å². The first-order chi connectivity index (χ1) is 12.7. The second kappa shape index (κ2) is 7.32. The first-order valence-corrected chi connectivity index (χ1v) is 9.41. The Bertz CT molecular complexity index is 779. The van der Waals surface area contributed by atoms with Crippen molar-refractivity contribution >= 4 is 17.5 Å². The van der Waals surface area contributed by atoms with E-state index in [0.717, 1.165) is 36.0 Å². The van der Waals surface area contributed by atoms with Crippen molar-refractivity contribution in [2.45, 2.75) is 45.2 Å². The van der Waals surface area contributed by atoms with Crippen LogP contribution < -0.4 is 15.5 Å². The second-order valence-corrected chi connectivity index (χ2v) is 7.16. The largest absolute Gasteiger partial charge is 0.367 e. The maximum atomic E-state index is 12.5. The lowest BCUT2D eigenvalue weighted by molar-refractivity contribution is 0.0950. The molecular weight excluding hydrogens is 326 g/mol. The fourth-order valence-corrected chi connectivity index (χ4v) is 3.24. The normalized spacial score (nSPS) is 16.6. The van der Waals surface area contributed by atoms with Gasteiger partial charge in [-0.2, -0.15) is 0 Å². The summed E-state index contributed by atoms with van der Waals surface area (Å²) in [7, 11) is 0. The highest BCUT2D eigenvalue weighted by atomic mass is 16.1. The Kier molecular flexibility index (Phi) is 4.73. The van der Waals surface area contributed by atoms with Gasteiger partial charge in [0, 0.05) is 43.1 Å². The van der Waals surface area contributed by atoms with Gasteiger partial charge in [-0.25, -0.2) is 9.97 Å². The van der Waals surface area contributed by atoms with Crippen molar-refractivity contribution in [3.05, 3.63) is 47.3 Å². The summed E-state index contributed by atoms with van der Waals surface area (Å²) in [5.74, 6) is 1.73. The lowest BCUT2D eigenvalue weighted by atomic mass is 10.2. The van der Waals surface area contributed by atoms with Crippen LogP contribution in [0.5, 0.6) is 0 Å². The number of aryl methyl sites for hydroxylation is 1. The fraction of sp³-hybridized carbons (Fsp3) is 0.450. The van der Waals surface area contributed by atoms with Crippen LogP contribution in [0.15, 0.2) is 30.5 Å². The summed E-state index contributed by atoms with van der Waals surface area (Å²) in [4.78, 5) is 23.8. The van der Waals surface area contributed by atoms with Gasteiger partial charge in [-0.1, -0.05) is 6.07 Å². The van der Waals surface area contributed by atoms with Crippen LogP contribution in [-0.4, -0.2) is 35.0 Å². The number of pyridine rings is 2. The number of hydrogen-bond donors (Lipinski definition) is 2. The van der Waals surface area contributed by atoms with Gasteiger partial charge >= 0.3 is 0 Å². The Labute approximate surface area is 154 Å². The van der Waals surface area contributed by atoms with Crippen LogP contribution in [0.1, 0.15) is 47.3 Å². The van der Waals surface area contributed by atoms with Crippen LogP contribution in [-0.2, 0) is 6.54 Å². The van der Waals surface area contributed by atoms with Crippen LogP contribution >= 0.6 is 0 Å². The molecule has 1 aliphatic heterocycles. The number of carbonyl (C=O) groups excluding carboxylic acids is 1. The summed E-state index contributed by atoms with van der Waals surface area (Å²) in [6.45, 7) is 4.55. The predicted octanol–water partition coefficient (Wildman–Crippen LogP) is 2.89. The molecule has 1 amide bonds. The van der Waals surface area contributed by atoms with E-state index < -0.39 is 0 Å². The molecule has 1 saturated heterocycles. The topological polar surface area (TPSA) is 70.2 Å². The lowest BCUT2D eigenvalue weighted by Gasteiger charge is -2.20. The van der Waals surface area contributed by atoms with Gasteiger partial charge in [0.2, 0.25) is 0 Å². The minimum absolute atomic E-state index is 0.108. The summed E-state index contributed by atoms with van der Waals surface area (Å²) in [5, 5.41) is 6.33. The van der Waals surface area contributed by atoms with Gasteiger partial charge in [-0.05, 0) is 50.8 Å². The van der Waals surface area contributed by atoms with Crippen molar-refractivity contribution in [2.24, 2.45) is 0 Å². The Morgan fingerprint density at radius 1 is 1.19 bits per heavy atom. The van der Waals surface area contributed by atoms with Crippen LogP contribution in [0.2, 0.25) is 0 Å². The number of nitrogens with one attached hydrogen (secondary N) is 2. The van der Waals surface area contributed by atoms with Gasteiger partial charge in [-0.15, -0.1) is 0 Å². The van der Waals surface area contributed by atoms with Gasteiger partial charge in [0.15, 0.2) is 0 Å². The van der Waals surface area contributed by atoms with E-state index in [9.17, 15) is 4.79 Å². The van der Waals surface area contributed by atoms with Crippen molar-refractivity contribution in [3.8, 4) is 0 Å². The molecule has 2 fully saturated rings. The zero-order chi connectivity index (χ0) is 17.9. The molecule has 1 saturated carbocycles. The third-order valence-corrected chi connectivity index (χ3v) is 4.90. The van der Waals surface area contributed by atoms with E-state index in [4.69, 9.17) is 4.98 Å². The van der Waals surface area contributed by atoms with E-state index in [1.54, 1.807) is 6.20 Å². The first-order valence-electron chi connectivity index (χ1n) is 9.41. The average Bonchev–Trinajstić information content (AvgIpc) is 3.30. The molecule has 6 heteroatoms. The third kappa shape index (κ3) is 3.95. The Hall–Kier alpha value is -2.63. The zero-order valence-electron chi connectivity index (χ0n) is 15.2. The number of amides is 1. The summed E-state index contributed by atoms with van der Waals surface area (Å²) >= 11 is 0. The summed E-state index contributed by atoms with van der Waals surface area (Å²) < 4.78 is 0. The van der Waals surface area contributed by atoms with E-state index in [1.807, 2.05) is 25.1 Å². The maximum absolute atomic E-state index is 12.5. The minimum Gasteiger partial charge on any atom is -0.367 e. The van der Waals surface area contributed by atoms with Crippen molar-refractivity contribution in [2.75, 3.05) is 23.3 Å². The van der Waals surface area contributed by atoms with E-state index >= 15 is 0 Å². The SMILES string of the molecule is Cc1ccc(CNC(=O)c2ccc(NC3CC3)nc2)c(N2CCCC2)n1. The average molecular weight is 351 g/mol. The number of nitrogens with zero attached hydrogens (tertiary/aromatic N) is 3. The molecule has 0 atom stereocenters. The predicted molar refractivity (Wildman–Crippen MR) is 102 cm³/mol. The highest BCUT2D eigenvalue weighted by molar-refractivity contribution is 5.94. The molecule has 4 rings (SSSR count). The summed E-state index contributed by atoms with van der Waals surface area (Å²) in [5.41, 5.74) is 2.64. The van der Waals surface area contributed by atoms with Crippen molar-refractivity contribution in [3.63, 3.8) is 0 Å². The molecule has 6 nitrogen and oxygen atoms in total. The summed E-state index contributed by atoms with van der Waals surface area (Å²) in [6, 6.07) is 8.32. The molecule has 2 aliphatic rings. The van der Waals surface area contributed by atoms with Gasteiger partial charge < -0.3 is 15.5 Å². The molecule has 0 aromatic carbocycles. The Morgan fingerprint density at radius 3 is 2.69 bits per heavy atom. The molecule has 136 valence electrons. The molecule has 26 heavy (non-hydrogen) atoms. The van der Waals surface area contributed by atoms with Crippen molar-refractivity contribution < 1.29 is 4.79 Å². The molecule has 0 radical (unpaired) electrons. The highest BCUT2D eigenvalue weighted by Crippen LogP contribution is 2.24. The number of aromatic nitrogens is 2. The minimum atomic E-state index is -0.108. The standard InChI is InChI=1S/C20H25N5O/c1-14-4-5-15(19(23-14)25-10-2-3-11-25)12-22-20(26)16-6-9-18(21-13-16)24-17-7-8-17/h4-6,9,13,17H,2-3,7-8,10-12H2,1H3,(H,21,24)(H,22,26). The lowest BCUT2D eigenvalue weighted by Crippen LogP contribution is -2.26. The third-order valence-electron chi connectivity index (χ3n) is 4.90. The zero-order valence-corrected chi connectivity index (χ0v) is 15.2. The van der Waals surface area contributed by atoms with Crippen molar-refractivity contribution in [1.29, 1.82) is 0 Å². The smallest absolute Gasteiger partial charge is 0.253 e. The van der Waals surface area contributed by atoms with Gasteiger partial charge in [-0.3, -0.25) is 4.79 Å². The molecule has 0 spiro atoms. The Morgan fingerprint density at radius 2 is 2.00 bits per heavy atom. The maximum Gasteiger partial charge on any atom is 0.253 e. The molecule has 2 aromatic heterocycles. The number of carbonyl (C=O) groups is 1.